The monoisotopic (exact) mass is 342 g/mol. The van der Waals surface area contributed by atoms with Crippen LogP contribution in [0.3, 0.4) is 0 Å². The molecule has 0 atom stereocenters. The summed E-state index contributed by atoms with van der Waals surface area (Å²) in [6.45, 7) is 2.48. The van der Waals surface area contributed by atoms with Gasteiger partial charge in [-0.25, -0.2) is 0 Å². The van der Waals surface area contributed by atoms with E-state index in [4.69, 9.17) is 4.74 Å². The average molecular weight is 342 g/mol. The van der Waals surface area contributed by atoms with Crippen LogP contribution in [0.2, 0.25) is 0 Å². The molecule has 0 amide bonds. The van der Waals surface area contributed by atoms with Crippen LogP contribution in [0.15, 0.2) is 83.0 Å². The maximum Gasteiger partial charge on any atom is 0.147 e. The zero-order valence-corrected chi connectivity index (χ0v) is 14.4. The Labute approximate surface area is 151 Å². The van der Waals surface area contributed by atoms with Crippen LogP contribution in [0.4, 0.5) is 11.4 Å². The molecule has 0 aromatic heterocycles. The quantitative estimate of drug-likeness (QED) is 0.430. The van der Waals surface area contributed by atoms with E-state index in [1.54, 1.807) is 6.07 Å². The summed E-state index contributed by atoms with van der Waals surface area (Å²) < 4.78 is 5.74. The van der Waals surface area contributed by atoms with Crippen molar-refractivity contribution < 1.29 is 9.84 Å². The van der Waals surface area contributed by atoms with Crippen molar-refractivity contribution in [3.63, 3.8) is 0 Å². The highest BCUT2D eigenvalue weighted by molar-refractivity contribution is 5.97. The zero-order chi connectivity index (χ0) is 17.9. The van der Waals surface area contributed by atoms with E-state index in [2.05, 4.69) is 10.2 Å². The second-order valence-corrected chi connectivity index (χ2v) is 5.92. The largest absolute Gasteiger partial charge is 0.506 e. The van der Waals surface area contributed by atoms with Gasteiger partial charge in [0.05, 0.1) is 6.61 Å². The molecule has 1 N–H and O–H groups in total. The molecule has 4 aromatic carbocycles. The Hall–Kier alpha value is -3.40. The lowest BCUT2D eigenvalue weighted by Gasteiger charge is -2.09. The molecule has 4 rings (SSSR count). The molecule has 0 fully saturated rings. The summed E-state index contributed by atoms with van der Waals surface area (Å²) in [4.78, 5) is 0. The first kappa shape index (κ1) is 16.1. The van der Waals surface area contributed by atoms with E-state index in [1.165, 1.54) is 0 Å². The number of rotatable bonds is 4. The fourth-order valence-electron chi connectivity index (χ4n) is 3.06. The first-order valence-corrected chi connectivity index (χ1v) is 8.55. The van der Waals surface area contributed by atoms with Crippen LogP contribution in [-0.2, 0) is 0 Å². The minimum atomic E-state index is 0.102. The highest BCUT2D eigenvalue weighted by atomic mass is 16.5. The molecular formula is C22H18N2O2. The number of hydrogen-bond donors (Lipinski definition) is 1. The number of benzene rings is 4. The third kappa shape index (κ3) is 2.86. The fraction of sp³-hybridized carbons (Fsp3) is 0.0909. The van der Waals surface area contributed by atoms with E-state index in [0.29, 0.717) is 23.7 Å². The predicted octanol–water partition coefficient (Wildman–Crippen LogP) is 6.51. The fourth-order valence-corrected chi connectivity index (χ4v) is 3.06. The van der Waals surface area contributed by atoms with Crippen molar-refractivity contribution in [2.45, 2.75) is 6.92 Å². The van der Waals surface area contributed by atoms with Gasteiger partial charge >= 0.3 is 0 Å². The molecule has 0 aliphatic heterocycles. The first-order valence-electron chi connectivity index (χ1n) is 8.55. The molecule has 4 nitrogen and oxygen atoms in total. The van der Waals surface area contributed by atoms with Crippen molar-refractivity contribution in [3.05, 3.63) is 72.8 Å². The number of nitrogens with zero attached hydrogens (tertiary/aromatic N) is 2. The van der Waals surface area contributed by atoms with Gasteiger partial charge in [-0.15, -0.1) is 10.2 Å². The van der Waals surface area contributed by atoms with Crippen molar-refractivity contribution in [2.24, 2.45) is 10.2 Å². The molecule has 0 bridgehead atoms. The lowest BCUT2D eigenvalue weighted by Crippen LogP contribution is -1.91. The smallest absolute Gasteiger partial charge is 0.147 e. The van der Waals surface area contributed by atoms with Crippen LogP contribution in [-0.4, -0.2) is 11.7 Å². The molecular weight excluding hydrogens is 324 g/mol. The highest BCUT2D eigenvalue weighted by Gasteiger charge is 2.10. The second-order valence-electron chi connectivity index (χ2n) is 5.92. The van der Waals surface area contributed by atoms with Gasteiger partial charge in [0.15, 0.2) is 0 Å². The number of hydrogen-bond acceptors (Lipinski definition) is 4. The summed E-state index contributed by atoms with van der Waals surface area (Å²) in [5.41, 5.74) is 1.12. The van der Waals surface area contributed by atoms with E-state index in [-0.39, 0.29) is 5.75 Å². The summed E-state index contributed by atoms with van der Waals surface area (Å²) in [7, 11) is 0. The van der Waals surface area contributed by atoms with E-state index < -0.39 is 0 Å². The maximum atomic E-state index is 10.3. The van der Waals surface area contributed by atoms with Gasteiger partial charge in [-0.2, -0.15) is 0 Å². The Morgan fingerprint density at radius 3 is 2.00 bits per heavy atom. The summed E-state index contributed by atoms with van der Waals surface area (Å²) in [5, 5.41) is 23.0. The van der Waals surface area contributed by atoms with E-state index in [9.17, 15) is 5.11 Å². The molecule has 26 heavy (non-hydrogen) atoms. The van der Waals surface area contributed by atoms with Gasteiger partial charge < -0.3 is 9.84 Å². The minimum absolute atomic E-state index is 0.102. The van der Waals surface area contributed by atoms with E-state index in [1.807, 2.05) is 73.7 Å². The lowest BCUT2D eigenvalue weighted by molar-refractivity contribution is 0.341. The van der Waals surface area contributed by atoms with Crippen LogP contribution in [0, 0.1) is 0 Å². The van der Waals surface area contributed by atoms with Gasteiger partial charge in [0.1, 0.15) is 22.9 Å². The van der Waals surface area contributed by atoms with Crippen LogP contribution >= 0.6 is 0 Å². The Balaban J connectivity index is 1.90. The molecule has 0 aliphatic carbocycles. The third-order valence-electron chi connectivity index (χ3n) is 4.29. The van der Waals surface area contributed by atoms with Gasteiger partial charge in [-0.05, 0) is 29.8 Å². The Morgan fingerprint density at radius 1 is 0.731 bits per heavy atom. The van der Waals surface area contributed by atoms with E-state index >= 15 is 0 Å². The van der Waals surface area contributed by atoms with Crippen molar-refractivity contribution in [3.8, 4) is 11.5 Å². The molecule has 0 saturated heterocycles. The molecule has 0 radical (unpaired) electrons. The highest BCUT2D eigenvalue weighted by Crippen LogP contribution is 2.40. The number of phenolic OH excluding ortho intramolecular Hbond substituents is 1. The number of azo groups is 1. The van der Waals surface area contributed by atoms with Crippen molar-refractivity contribution >= 4 is 32.9 Å². The SMILES string of the molecule is CCOc1ccc2ccccc2c1N=Nc1c(O)ccc2ccccc12. The molecule has 4 heteroatoms. The third-order valence-corrected chi connectivity index (χ3v) is 4.29. The Morgan fingerprint density at radius 2 is 1.31 bits per heavy atom. The summed E-state index contributed by atoms with van der Waals surface area (Å²) >= 11 is 0. The molecule has 0 unspecified atom stereocenters. The minimum Gasteiger partial charge on any atom is -0.506 e. The van der Waals surface area contributed by atoms with Gasteiger partial charge in [-0.3, -0.25) is 0 Å². The summed E-state index contributed by atoms with van der Waals surface area (Å²) in [6, 6.07) is 23.2. The lowest BCUT2D eigenvalue weighted by atomic mass is 10.1. The topological polar surface area (TPSA) is 54.2 Å². The Bertz CT molecular complexity index is 1120. The van der Waals surface area contributed by atoms with Gasteiger partial charge in [0.25, 0.3) is 0 Å². The molecule has 0 spiro atoms. The van der Waals surface area contributed by atoms with Crippen molar-refractivity contribution in [1.82, 2.24) is 0 Å². The van der Waals surface area contributed by atoms with Crippen LogP contribution < -0.4 is 4.74 Å². The van der Waals surface area contributed by atoms with Gasteiger partial charge in [-0.1, -0.05) is 60.7 Å². The molecule has 0 aliphatic rings. The zero-order valence-electron chi connectivity index (χ0n) is 14.4. The van der Waals surface area contributed by atoms with Crippen molar-refractivity contribution in [2.75, 3.05) is 6.61 Å². The van der Waals surface area contributed by atoms with Crippen LogP contribution in [0.5, 0.6) is 11.5 Å². The number of ether oxygens (including phenoxy) is 1. The number of aromatic hydroxyl groups is 1. The molecule has 0 heterocycles. The summed E-state index contributed by atoms with van der Waals surface area (Å²) in [6.07, 6.45) is 0. The molecule has 128 valence electrons. The van der Waals surface area contributed by atoms with Gasteiger partial charge in [0.2, 0.25) is 0 Å². The standard InChI is InChI=1S/C22H18N2O2/c1-2-26-20-14-12-16-8-4-6-10-18(16)22(20)24-23-21-17-9-5-3-7-15(17)11-13-19(21)25/h3-14,25H,2H2,1H3. The van der Waals surface area contributed by atoms with E-state index in [0.717, 1.165) is 21.5 Å². The number of fused-ring (bicyclic) bond motifs is 2. The average Bonchev–Trinajstić information content (AvgIpc) is 2.68. The second kappa shape index (κ2) is 6.84. The first-order chi connectivity index (χ1) is 12.8. The summed E-state index contributed by atoms with van der Waals surface area (Å²) in [5.74, 6) is 0.778. The predicted molar refractivity (Wildman–Crippen MR) is 105 cm³/mol. The Kier molecular flexibility index (Phi) is 4.23. The number of phenols is 1. The van der Waals surface area contributed by atoms with Crippen molar-refractivity contribution in [1.29, 1.82) is 0 Å². The maximum absolute atomic E-state index is 10.3. The van der Waals surface area contributed by atoms with Crippen LogP contribution in [0.1, 0.15) is 6.92 Å². The van der Waals surface area contributed by atoms with Crippen LogP contribution in [0.25, 0.3) is 21.5 Å². The molecule has 4 aromatic rings. The van der Waals surface area contributed by atoms with Gasteiger partial charge in [0, 0.05) is 10.8 Å². The molecule has 0 saturated carbocycles. The normalized spacial score (nSPS) is 11.4.